The molecule has 10 nitrogen and oxygen atoms in total. The van der Waals surface area contributed by atoms with E-state index in [1.54, 1.807) is 0 Å². The van der Waals surface area contributed by atoms with E-state index in [-0.39, 0.29) is 45.3 Å². The van der Waals surface area contributed by atoms with Crippen molar-refractivity contribution in [3.63, 3.8) is 0 Å². The topological polar surface area (TPSA) is 132 Å². The first-order chi connectivity index (χ1) is 26.7. The summed E-state index contributed by atoms with van der Waals surface area (Å²) >= 11 is 0. The number of ether oxygens (including phenoxy) is 5. The zero-order valence-corrected chi connectivity index (χ0v) is 35.9. The van der Waals surface area contributed by atoms with Gasteiger partial charge in [0.2, 0.25) is 0 Å². The number of hydrogen-bond acceptors (Lipinski definition) is 10. The molecular formula is C45H82O10. The molecule has 0 heterocycles. The predicted octanol–water partition coefficient (Wildman–Crippen LogP) is 11.6. The van der Waals surface area contributed by atoms with E-state index in [9.17, 15) is 24.0 Å². The lowest BCUT2D eigenvalue weighted by atomic mass is 10.1. The maximum Gasteiger partial charge on any atom is 0.306 e. The second-order valence-electron chi connectivity index (χ2n) is 15.2. The van der Waals surface area contributed by atoms with Crippen molar-refractivity contribution in [3.05, 3.63) is 0 Å². The third-order valence-electron chi connectivity index (χ3n) is 9.81. The summed E-state index contributed by atoms with van der Waals surface area (Å²) in [7, 11) is 0. The number of carbonyl (C=O) groups excluding carboxylic acids is 5. The Hall–Kier alpha value is -2.65. The zero-order valence-electron chi connectivity index (χ0n) is 35.9. The summed E-state index contributed by atoms with van der Waals surface area (Å²) in [5.41, 5.74) is 0. The Kier molecular flexibility index (Phi) is 36.4. The van der Waals surface area contributed by atoms with Crippen LogP contribution in [-0.2, 0) is 47.7 Å². The monoisotopic (exact) mass is 783 g/mol. The van der Waals surface area contributed by atoms with Gasteiger partial charge in [0.05, 0.1) is 0 Å². The molecule has 0 aromatic carbocycles. The van der Waals surface area contributed by atoms with Crippen molar-refractivity contribution in [2.75, 3.05) is 13.2 Å². The van der Waals surface area contributed by atoms with Crippen molar-refractivity contribution in [2.45, 2.75) is 246 Å². The first kappa shape index (κ1) is 52.3. The zero-order chi connectivity index (χ0) is 40.8. The van der Waals surface area contributed by atoms with Crippen molar-refractivity contribution < 1.29 is 47.7 Å². The highest BCUT2D eigenvalue weighted by Gasteiger charge is 2.40. The molecule has 0 aliphatic heterocycles. The Balaban J connectivity index is 6.36. The van der Waals surface area contributed by atoms with Crippen LogP contribution in [0.15, 0.2) is 0 Å². The fourth-order valence-electron chi connectivity index (χ4n) is 6.31. The normalized spacial score (nSPS) is 12.7. The summed E-state index contributed by atoms with van der Waals surface area (Å²) in [5.74, 6) is -2.50. The van der Waals surface area contributed by atoms with Gasteiger partial charge in [-0.1, -0.05) is 163 Å². The van der Waals surface area contributed by atoms with Gasteiger partial charge in [-0.15, -0.1) is 0 Å². The van der Waals surface area contributed by atoms with Gasteiger partial charge in [0, 0.05) is 32.1 Å². The van der Waals surface area contributed by atoms with E-state index in [1.807, 2.05) is 0 Å². The van der Waals surface area contributed by atoms with Crippen LogP contribution in [0.3, 0.4) is 0 Å². The Labute approximate surface area is 335 Å². The van der Waals surface area contributed by atoms with E-state index in [4.69, 9.17) is 23.7 Å². The van der Waals surface area contributed by atoms with Crippen LogP contribution in [-0.4, -0.2) is 61.4 Å². The molecule has 10 heteroatoms. The summed E-state index contributed by atoms with van der Waals surface area (Å²) in [4.78, 5) is 65.8. The van der Waals surface area contributed by atoms with Crippen molar-refractivity contribution in [1.29, 1.82) is 0 Å². The number of carbonyl (C=O) groups is 5. The summed E-state index contributed by atoms with van der Waals surface area (Å²) in [6, 6.07) is 0. The van der Waals surface area contributed by atoms with Gasteiger partial charge in [0.1, 0.15) is 13.2 Å². The van der Waals surface area contributed by atoms with Gasteiger partial charge in [-0.2, -0.15) is 0 Å². The first-order valence-electron chi connectivity index (χ1n) is 22.6. The van der Waals surface area contributed by atoms with Crippen LogP contribution in [0.1, 0.15) is 227 Å². The van der Waals surface area contributed by atoms with Crippen LogP contribution in [0.25, 0.3) is 0 Å². The smallest absolute Gasteiger partial charge is 0.306 e. The Bertz CT molecular complexity index is 905. The average Bonchev–Trinajstić information content (AvgIpc) is 3.16. The molecule has 3 atom stereocenters. The molecule has 1 unspecified atom stereocenters. The fourth-order valence-corrected chi connectivity index (χ4v) is 6.31. The Morgan fingerprint density at radius 1 is 0.309 bits per heavy atom. The lowest BCUT2D eigenvalue weighted by Gasteiger charge is -2.32. The largest absolute Gasteiger partial charge is 0.462 e. The molecule has 322 valence electrons. The van der Waals surface area contributed by atoms with Crippen LogP contribution in [0.4, 0.5) is 0 Å². The summed E-state index contributed by atoms with van der Waals surface area (Å²) in [6.07, 6.45) is 20.3. The molecule has 0 aliphatic rings. The van der Waals surface area contributed by atoms with Gasteiger partial charge < -0.3 is 23.7 Å². The van der Waals surface area contributed by atoms with Gasteiger partial charge in [0.15, 0.2) is 18.3 Å². The van der Waals surface area contributed by atoms with Crippen LogP contribution >= 0.6 is 0 Å². The number of rotatable bonds is 39. The van der Waals surface area contributed by atoms with Crippen LogP contribution in [0.2, 0.25) is 0 Å². The highest BCUT2D eigenvalue weighted by Crippen LogP contribution is 2.21. The van der Waals surface area contributed by atoms with E-state index in [2.05, 4.69) is 34.6 Å². The van der Waals surface area contributed by atoms with Crippen molar-refractivity contribution in [1.82, 2.24) is 0 Å². The van der Waals surface area contributed by atoms with Crippen molar-refractivity contribution >= 4 is 29.8 Å². The second kappa shape index (κ2) is 38.2. The molecule has 0 amide bonds. The molecule has 0 saturated heterocycles. The average molecular weight is 783 g/mol. The van der Waals surface area contributed by atoms with Gasteiger partial charge in [-0.05, 0) is 32.1 Å². The molecule has 0 fully saturated rings. The lowest BCUT2D eigenvalue weighted by Crippen LogP contribution is -2.50. The molecular weight excluding hydrogens is 700 g/mol. The molecule has 0 aromatic heterocycles. The highest BCUT2D eigenvalue weighted by atomic mass is 16.6. The molecule has 0 N–H and O–H groups in total. The van der Waals surface area contributed by atoms with Crippen molar-refractivity contribution in [3.8, 4) is 0 Å². The minimum Gasteiger partial charge on any atom is -0.462 e. The Morgan fingerprint density at radius 2 is 0.545 bits per heavy atom. The number of hydrogen-bond donors (Lipinski definition) is 0. The summed E-state index contributed by atoms with van der Waals surface area (Å²) in [6.45, 7) is 9.85. The van der Waals surface area contributed by atoms with E-state index in [0.717, 1.165) is 128 Å². The van der Waals surface area contributed by atoms with Crippen LogP contribution < -0.4 is 0 Å². The highest BCUT2D eigenvalue weighted by molar-refractivity contribution is 5.72. The lowest BCUT2D eigenvalue weighted by molar-refractivity contribution is -0.197. The maximum absolute atomic E-state index is 13.4. The second-order valence-corrected chi connectivity index (χ2v) is 15.2. The van der Waals surface area contributed by atoms with Gasteiger partial charge in [0.25, 0.3) is 0 Å². The predicted molar refractivity (Wildman–Crippen MR) is 218 cm³/mol. The summed E-state index contributed by atoms with van der Waals surface area (Å²) < 4.78 is 29.3. The van der Waals surface area contributed by atoms with E-state index >= 15 is 0 Å². The third-order valence-corrected chi connectivity index (χ3v) is 9.81. The SMILES string of the molecule is CCCCCCCC(=O)OC[C@H](OC(=O)CCCCCCC)C(OC(=O)CCCCCCC)[C@@H](COC(=O)CCCCCCC)OC(=O)CCCCCCC. The molecule has 0 bridgehead atoms. The minimum atomic E-state index is -1.36. The molecule has 0 rings (SSSR count). The summed E-state index contributed by atoms with van der Waals surface area (Å²) in [5, 5.41) is 0. The van der Waals surface area contributed by atoms with Gasteiger partial charge in [-0.25, -0.2) is 0 Å². The van der Waals surface area contributed by atoms with Crippen LogP contribution in [0.5, 0.6) is 0 Å². The number of unbranched alkanes of at least 4 members (excludes halogenated alkanes) is 20. The van der Waals surface area contributed by atoms with E-state index in [1.165, 1.54) is 0 Å². The van der Waals surface area contributed by atoms with Gasteiger partial charge >= 0.3 is 29.8 Å². The molecule has 0 aliphatic carbocycles. The molecule has 0 saturated carbocycles. The molecule has 0 spiro atoms. The van der Waals surface area contributed by atoms with E-state index in [0.29, 0.717) is 32.1 Å². The fraction of sp³-hybridized carbons (Fsp3) is 0.889. The standard InChI is InChI=1S/C45H82O10/c1-6-11-16-21-26-31-40(46)51-36-38(53-42(48)33-28-23-18-13-8-3)45(55-44(50)35-30-25-20-15-10-5)39(54-43(49)34-29-24-19-14-9-4)37-52-41(47)32-27-22-17-12-7-2/h38-39,45H,6-37H2,1-5H3/t38-,39+,45?. The van der Waals surface area contributed by atoms with Crippen molar-refractivity contribution in [2.24, 2.45) is 0 Å². The molecule has 55 heavy (non-hydrogen) atoms. The minimum absolute atomic E-state index is 0.117. The first-order valence-corrected chi connectivity index (χ1v) is 22.6. The van der Waals surface area contributed by atoms with E-state index < -0.39 is 48.2 Å². The maximum atomic E-state index is 13.4. The molecule has 0 aromatic rings. The third kappa shape index (κ3) is 32.2. The molecule has 0 radical (unpaired) electrons. The van der Waals surface area contributed by atoms with Crippen LogP contribution in [0, 0.1) is 0 Å². The van der Waals surface area contributed by atoms with Gasteiger partial charge in [-0.3, -0.25) is 24.0 Å². The quantitative estimate of drug-likeness (QED) is 0.0337. The number of esters is 5. The Morgan fingerprint density at radius 3 is 0.818 bits per heavy atom.